The third kappa shape index (κ3) is 5.29. The van der Waals surface area contributed by atoms with E-state index in [4.69, 9.17) is 16.3 Å². The van der Waals surface area contributed by atoms with Crippen molar-refractivity contribution in [2.75, 3.05) is 25.0 Å². The first-order valence-electron chi connectivity index (χ1n) is 7.87. The lowest BCUT2D eigenvalue weighted by molar-refractivity contribution is -0.0244. The summed E-state index contributed by atoms with van der Waals surface area (Å²) >= 11 is 6.10. The number of rotatable bonds is 3. The predicted octanol–water partition coefficient (Wildman–Crippen LogP) is 3.51. The quantitative estimate of drug-likeness (QED) is 0.883. The maximum Gasteiger partial charge on any atom is 0.410 e. The first kappa shape index (κ1) is 17.9. The number of aliphatic hydroxyl groups is 1. The molecule has 1 aromatic carbocycles. The van der Waals surface area contributed by atoms with Gasteiger partial charge in [0.2, 0.25) is 0 Å². The molecule has 1 aliphatic rings. The molecule has 0 atom stereocenters. The van der Waals surface area contributed by atoms with Gasteiger partial charge in [0.15, 0.2) is 0 Å². The van der Waals surface area contributed by atoms with E-state index in [1.54, 1.807) is 11.0 Å². The summed E-state index contributed by atoms with van der Waals surface area (Å²) in [5.74, 6) is 0. The van der Waals surface area contributed by atoms with Crippen molar-refractivity contribution in [2.24, 2.45) is 0 Å². The fraction of sp³-hybridized carbons (Fsp3) is 0.588. The molecule has 128 valence electrons. The van der Waals surface area contributed by atoms with E-state index < -0.39 is 11.2 Å². The molecule has 23 heavy (non-hydrogen) atoms. The molecule has 1 aliphatic heterocycles. The number of hydrogen-bond acceptors (Lipinski definition) is 4. The number of likely N-dealkylation sites (tertiary alicyclic amines) is 1. The number of nitrogens with zero attached hydrogens (tertiary/aromatic N) is 1. The van der Waals surface area contributed by atoms with Gasteiger partial charge in [-0.2, -0.15) is 0 Å². The molecule has 6 heteroatoms. The fourth-order valence-corrected chi connectivity index (χ4v) is 2.68. The Labute approximate surface area is 142 Å². The van der Waals surface area contributed by atoms with Crippen LogP contribution in [0.3, 0.4) is 0 Å². The van der Waals surface area contributed by atoms with E-state index in [1.807, 2.05) is 39.0 Å². The minimum atomic E-state index is -0.850. The molecule has 2 N–H and O–H groups in total. The van der Waals surface area contributed by atoms with Crippen LogP contribution in [0.15, 0.2) is 24.3 Å². The van der Waals surface area contributed by atoms with Crippen LogP contribution in [0.4, 0.5) is 10.5 Å². The zero-order chi connectivity index (χ0) is 17.1. The van der Waals surface area contributed by atoms with E-state index >= 15 is 0 Å². The summed E-state index contributed by atoms with van der Waals surface area (Å²) in [5, 5.41) is 14.5. The second kappa shape index (κ2) is 6.97. The number of anilines is 1. The van der Waals surface area contributed by atoms with Crippen molar-refractivity contribution in [3.63, 3.8) is 0 Å². The molecule has 0 bridgehead atoms. The van der Waals surface area contributed by atoms with Crippen molar-refractivity contribution in [1.82, 2.24) is 4.90 Å². The predicted molar refractivity (Wildman–Crippen MR) is 91.9 cm³/mol. The van der Waals surface area contributed by atoms with E-state index in [0.29, 0.717) is 37.5 Å². The maximum atomic E-state index is 12.0. The van der Waals surface area contributed by atoms with Crippen LogP contribution in [0, 0.1) is 0 Å². The summed E-state index contributed by atoms with van der Waals surface area (Å²) in [4.78, 5) is 13.7. The van der Waals surface area contributed by atoms with Crippen LogP contribution in [0.1, 0.15) is 33.6 Å². The Morgan fingerprint density at radius 2 is 1.96 bits per heavy atom. The smallest absolute Gasteiger partial charge is 0.410 e. The summed E-state index contributed by atoms with van der Waals surface area (Å²) in [7, 11) is 0. The number of para-hydroxylation sites is 1. The van der Waals surface area contributed by atoms with Gasteiger partial charge in [0, 0.05) is 19.6 Å². The van der Waals surface area contributed by atoms with E-state index in [-0.39, 0.29) is 6.09 Å². The highest BCUT2D eigenvalue weighted by Crippen LogP contribution is 2.26. The number of amides is 1. The van der Waals surface area contributed by atoms with Gasteiger partial charge < -0.3 is 20.1 Å². The third-order valence-corrected chi connectivity index (χ3v) is 4.16. The van der Waals surface area contributed by atoms with Gasteiger partial charge in [0.05, 0.1) is 16.3 Å². The summed E-state index contributed by atoms with van der Waals surface area (Å²) in [6.45, 7) is 6.90. The Morgan fingerprint density at radius 1 is 1.35 bits per heavy atom. The zero-order valence-electron chi connectivity index (χ0n) is 13.9. The van der Waals surface area contributed by atoms with Gasteiger partial charge in [0.25, 0.3) is 0 Å². The molecule has 0 saturated carbocycles. The minimum absolute atomic E-state index is 0.321. The first-order chi connectivity index (χ1) is 10.7. The van der Waals surface area contributed by atoms with E-state index in [1.165, 1.54) is 0 Å². The van der Waals surface area contributed by atoms with Crippen LogP contribution in [0.25, 0.3) is 0 Å². The van der Waals surface area contributed by atoms with Gasteiger partial charge in [0.1, 0.15) is 5.60 Å². The first-order valence-corrected chi connectivity index (χ1v) is 8.25. The van der Waals surface area contributed by atoms with Crippen LogP contribution in [-0.2, 0) is 4.74 Å². The zero-order valence-corrected chi connectivity index (χ0v) is 14.7. The highest BCUT2D eigenvalue weighted by Gasteiger charge is 2.35. The van der Waals surface area contributed by atoms with E-state index in [0.717, 1.165) is 5.69 Å². The van der Waals surface area contributed by atoms with Gasteiger partial charge >= 0.3 is 6.09 Å². The second-order valence-corrected chi connectivity index (χ2v) is 7.43. The summed E-state index contributed by atoms with van der Waals surface area (Å²) in [6, 6.07) is 7.44. The molecule has 0 radical (unpaired) electrons. The van der Waals surface area contributed by atoms with Crippen LogP contribution in [-0.4, -0.2) is 46.9 Å². The SMILES string of the molecule is CC(C)(C)OC(=O)N1CCC(O)(CNc2ccccc2Cl)CC1. The average molecular weight is 341 g/mol. The molecule has 1 saturated heterocycles. The number of piperidine rings is 1. The summed E-state index contributed by atoms with van der Waals surface area (Å²) in [5.41, 5.74) is -0.550. The molecule has 0 aliphatic carbocycles. The molecule has 0 unspecified atom stereocenters. The lowest BCUT2D eigenvalue weighted by atomic mass is 9.91. The van der Waals surface area contributed by atoms with E-state index in [2.05, 4.69) is 5.32 Å². The molecule has 1 fully saturated rings. The molecular formula is C17H25ClN2O3. The minimum Gasteiger partial charge on any atom is -0.444 e. The monoisotopic (exact) mass is 340 g/mol. The Balaban J connectivity index is 1.85. The molecule has 0 spiro atoms. The van der Waals surface area contributed by atoms with Crippen LogP contribution < -0.4 is 5.32 Å². The van der Waals surface area contributed by atoms with Gasteiger partial charge in [-0.25, -0.2) is 4.79 Å². The molecule has 1 aromatic rings. The Morgan fingerprint density at radius 3 is 2.52 bits per heavy atom. The Bertz CT molecular complexity index is 549. The number of halogens is 1. The van der Waals surface area contributed by atoms with E-state index in [9.17, 15) is 9.90 Å². The van der Waals surface area contributed by atoms with Crippen molar-refractivity contribution >= 4 is 23.4 Å². The highest BCUT2D eigenvalue weighted by molar-refractivity contribution is 6.33. The van der Waals surface area contributed by atoms with Crippen molar-refractivity contribution in [2.45, 2.75) is 44.8 Å². The second-order valence-electron chi connectivity index (χ2n) is 7.03. The number of hydrogen-bond donors (Lipinski definition) is 2. The lowest BCUT2D eigenvalue weighted by Crippen LogP contribution is -2.50. The number of ether oxygens (including phenoxy) is 1. The van der Waals surface area contributed by atoms with Gasteiger partial charge in [-0.05, 0) is 45.7 Å². The van der Waals surface area contributed by atoms with Gasteiger partial charge in [-0.3, -0.25) is 0 Å². The molecule has 0 aromatic heterocycles. The molecular weight excluding hydrogens is 316 g/mol. The Hall–Kier alpha value is -1.46. The van der Waals surface area contributed by atoms with Gasteiger partial charge in [-0.15, -0.1) is 0 Å². The normalized spacial score (nSPS) is 17.7. The highest BCUT2D eigenvalue weighted by atomic mass is 35.5. The third-order valence-electron chi connectivity index (χ3n) is 3.83. The molecule has 1 amide bonds. The maximum absolute atomic E-state index is 12.0. The molecule has 1 heterocycles. The number of benzene rings is 1. The molecule has 5 nitrogen and oxygen atoms in total. The number of carbonyl (C=O) groups excluding carboxylic acids is 1. The Kier molecular flexibility index (Phi) is 5.42. The van der Waals surface area contributed by atoms with Crippen LogP contribution in [0.5, 0.6) is 0 Å². The fourth-order valence-electron chi connectivity index (χ4n) is 2.47. The number of carbonyl (C=O) groups is 1. The van der Waals surface area contributed by atoms with Crippen LogP contribution >= 0.6 is 11.6 Å². The summed E-state index contributed by atoms with van der Waals surface area (Å²) in [6.07, 6.45) is 0.687. The standard InChI is InChI=1S/C17H25ClN2O3/c1-16(2,3)23-15(21)20-10-8-17(22,9-11-20)12-19-14-7-5-4-6-13(14)18/h4-7,19,22H,8-12H2,1-3H3. The largest absolute Gasteiger partial charge is 0.444 e. The van der Waals surface area contributed by atoms with Crippen molar-refractivity contribution in [1.29, 1.82) is 0 Å². The summed E-state index contributed by atoms with van der Waals surface area (Å²) < 4.78 is 5.36. The molecule has 2 rings (SSSR count). The van der Waals surface area contributed by atoms with Crippen molar-refractivity contribution < 1.29 is 14.6 Å². The topological polar surface area (TPSA) is 61.8 Å². The lowest BCUT2D eigenvalue weighted by Gasteiger charge is -2.38. The van der Waals surface area contributed by atoms with Crippen molar-refractivity contribution in [3.8, 4) is 0 Å². The van der Waals surface area contributed by atoms with Gasteiger partial charge in [-0.1, -0.05) is 23.7 Å². The average Bonchev–Trinajstić information content (AvgIpc) is 2.45. The van der Waals surface area contributed by atoms with Crippen LogP contribution in [0.2, 0.25) is 5.02 Å². The number of nitrogens with one attached hydrogen (secondary N) is 1. The van der Waals surface area contributed by atoms with Crippen molar-refractivity contribution in [3.05, 3.63) is 29.3 Å².